The first-order chi connectivity index (χ1) is 7.55. The molecule has 0 amide bonds. The number of aliphatic hydroxyl groups is 2. The van der Waals surface area contributed by atoms with E-state index in [-0.39, 0.29) is 69.8 Å². The summed E-state index contributed by atoms with van der Waals surface area (Å²) in [5.74, 6) is -1.11. The van der Waals surface area contributed by atoms with E-state index in [1.807, 2.05) is 0 Å². The maximum atomic E-state index is 12.7. The van der Waals surface area contributed by atoms with Gasteiger partial charge in [-0.15, -0.1) is 11.8 Å². The summed E-state index contributed by atoms with van der Waals surface area (Å²) in [6.07, 6.45) is -3.06. The maximum Gasteiger partial charge on any atom is 1.00 e. The number of thioether (sulfide) groups is 1. The summed E-state index contributed by atoms with van der Waals surface area (Å²) in [7, 11) is 0. The van der Waals surface area contributed by atoms with Gasteiger partial charge in [0.25, 0.3) is 0 Å². The van der Waals surface area contributed by atoms with Crippen LogP contribution in [0.2, 0.25) is 0 Å². The Kier molecular flexibility index (Phi) is 5.39. The smallest absolute Gasteiger partial charge is 0.448 e. The molecular formula is C8H13BF3KO4S. The van der Waals surface area contributed by atoms with E-state index in [0.29, 0.717) is 0 Å². The molecule has 0 aromatic heterocycles. The van der Waals surface area contributed by atoms with Crippen LogP contribution in [0.5, 0.6) is 0 Å². The molecule has 2 heterocycles. The van der Waals surface area contributed by atoms with E-state index in [0.717, 1.165) is 0 Å². The largest absolute Gasteiger partial charge is 1.00 e. The number of fused-ring (bicyclic) bond motifs is 1. The first kappa shape index (κ1) is 17.7. The van der Waals surface area contributed by atoms with Crippen molar-refractivity contribution < 1.29 is 84.0 Å². The fourth-order valence-corrected chi connectivity index (χ4v) is 3.36. The minimum atomic E-state index is -5.25. The molecule has 0 spiro atoms. The molecule has 2 rings (SSSR count). The van der Waals surface area contributed by atoms with Crippen LogP contribution in [0.25, 0.3) is 0 Å². The third-order valence-corrected chi connectivity index (χ3v) is 4.46. The molecule has 10 heteroatoms. The van der Waals surface area contributed by atoms with Gasteiger partial charge in [0.2, 0.25) is 0 Å². The quantitative estimate of drug-likeness (QED) is 0.533. The van der Waals surface area contributed by atoms with Gasteiger partial charge < -0.3 is 32.6 Å². The molecule has 0 unspecified atom stereocenters. The van der Waals surface area contributed by atoms with Crippen molar-refractivity contribution in [2.75, 3.05) is 6.61 Å². The van der Waals surface area contributed by atoms with E-state index in [1.54, 1.807) is 0 Å². The topological polar surface area (TPSA) is 58.9 Å². The minimum Gasteiger partial charge on any atom is -0.448 e. The fourth-order valence-electron chi connectivity index (χ4n) is 2.01. The molecule has 100 valence electrons. The van der Waals surface area contributed by atoms with Crippen LogP contribution in [0.1, 0.15) is 13.8 Å². The average Bonchev–Trinajstić information content (AvgIpc) is 2.40. The predicted octanol–water partition coefficient (Wildman–Crippen LogP) is -2.31. The number of aliphatic hydroxyl groups excluding tert-OH is 1. The van der Waals surface area contributed by atoms with Gasteiger partial charge >= 0.3 is 58.4 Å². The van der Waals surface area contributed by atoms with Gasteiger partial charge in [0, 0.05) is 5.15 Å². The average molecular weight is 312 g/mol. The van der Waals surface area contributed by atoms with Crippen LogP contribution in [-0.2, 0) is 9.47 Å². The van der Waals surface area contributed by atoms with Crippen LogP contribution in [0.4, 0.5) is 12.9 Å². The second-order valence-corrected chi connectivity index (χ2v) is 6.26. The second-order valence-electron chi connectivity index (χ2n) is 4.77. The standard InChI is InChI=1S/C8H13BF3O4S.K/c1-7(2)15-3-8(14)5(16-7)4(13)6(17-8)9(10,11)12;/h4-6,13-14H,3H2,1-2H3;/q-1;+1/t4-,5+,6-,8+;/m1./s1. The number of rotatable bonds is 1. The molecule has 2 aliphatic heterocycles. The molecule has 4 nitrogen and oxygen atoms in total. The van der Waals surface area contributed by atoms with E-state index in [9.17, 15) is 23.2 Å². The summed E-state index contributed by atoms with van der Waals surface area (Å²) in [6, 6.07) is 0. The van der Waals surface area contributed by atoms with Crippen LogP contribution in [0.3, 0.4) is 0 Å². The van der Waals surface area contributed by atoms with Gasteiger partial charge in [0.1, 0.15) is 6.10 Å². The number of hydrogen-bond donors (Lipinski definition) is 2. The molecule has 0 aliphatic carbocycles. The molecule has 2 N–H and O–H groups in total. The summed E-state index contributed by atoms with van der Waals surface area (Å²) in [5, 5.41) is 17.7. The third-order valence-electron chi connectivity index (χ3n) is 2.84. The van der Waals surface area contributed by atoms with Crippen LogP contribution >= 0.6 is 11.8 Å². The van der Waals surface area contributed by atoms with Gasteiger partial charge in [-0.05, 0) is 13.8 Å². The van der Waals surface area contributed by atoms with Crippen LogP contribution < -0.4 is 51.4 Å². The van der Waals surface area contributed by atoms with Gasteiger partial charge in [0.05, 0.1) is 12.7 Å². The number of halogens is 3. The number of hydrogen-bond acceptors (Lipinski definition) is 5. The minimum absolute atomic E-state index is 0. The van der Waals surface area contributed by atoms with Gasteiger partial charge in [-0.2, -0.15) is 0 Å². The van der Waals surface area contributed by atoms with Crippen LogP contribution in [-0.4, -0.2) is 51.9 Å². The molecule has 2 saturated heterocycles. The molecule has 0 aromatic carbocycles. The van der Waals surface area contributed by atoms with Gasteiger partial charge in [0.15, 0.2) is 10.7 Å². The Hall–Kier alpha value is 1.68. The van der Waals surface area contributed by atoms with Crippen LogP contribution in [0, 0.1) is 0 Å². The summed E-state index contributed by atoms with van der Waals surface area (Å²) < 4.78 is 48.4. The van der Waals surface area contributed by atoms with E-state index >= 15 is 0 Å². The zero-order valence-electron chi connectivity index (χ0n) is 10.3. The Morgan fingerprint density at radius 3 is 2.39 bits per heavy atom. The van der Waals surface area contributed by atoms with Crippen molar-refractivity contribution in [3.8, 4) is 0 Å². The van der Waals surface area contributed by atoms with Crippen molar-refractivity contribution in [3.63, 3.8) is 0 Å². The fraction of sp³-hybridized carbons (Fsp3) is 1.00. The van der Waals surface area contributed by atoms with Crippen molar-refractivity contribution >= 4 is 18.7 Å². The molecule has 0 aromatic rings. The van der Waals surface area contributed by atoms with Crippen molar-refractivity contribution in [1.82, 2.24) is 0 Å². The maximum absolute atomic E-state index is 12.7. The molecule has 2 aliphatic rings. The zero-order chi connectivity index (χ0) is 13.1. The Bertz CT molecular complexity index is 332. The van der Waals surface area contributed by atoms with E-state index < -0.39 is 35.1 Å². The summed E-state index contributed by atoms with van der Waals surface area (Å²) in [5.41, 5.74) is 0. The molecular weight excluding hydrogens is 299 g/mol. The monoisotopic (exact) mass is 312 g/mol. The Balaban J connectivity index is 0.00000162. The first-order valence-electron chi connectivity index (χ1n) is 5.15. The first-order valence-corrected chi connectivity index (χ1v) is 6.03. The number of ether oxygens (including phenoxy) is 2. The van der Waals surface area contributed by atoms with Crippen molar-refractivity contribution in [2.24, 2.45) is 0 Å². The van der Waals surface area contributed by atoms with E-state index in [2.05, 4.69) is 0 Å². The zero-order valence-corrected chi connectivity index (χ0v) is 14.2. The Labute approximate surface area is 149 Å². The molecule has 18 heavy (non-hydrogen) atoms. The van der Waals surface area contributed by atoms with E-state index in [4.69, 9.17) is 9.47 Å². The molecule has 2 fully saturated rings. The predicted molar refractivity (Wildman–Crippen MR) is 56.3 cm³/mol. The third kappa shape index (κ3) is 3.29. The van der Waals surface area contributed by atoms with Crippen molar-refractivity contribution in [3.05, 3.63) is 0 Å². The summed E-state index contributed by atoms with van der Waals surface area (Å²) in [4.78, 5) is -1.84. The molecule has 0 bridgehead atoms. The Morgan fingerprint density at radius 1 is 1.33 bits per heavy atom. The second kappa shape index (κ2) is 5.47. The van der Waals surface area contributed by atoms with Crippen molar-refractivity contribution in [2.45, 2.75) is 41.9 Å². The van der Waals surface area contributed by atoms with Crippen LogP contribution in [0.15, 0.2) is 0 Å². The van der Waals surface area contributed by atoms with E-state index in [1.165, 1.54) is 13.8 Å². The summed E-state index contributed by atoms with van der Waals surface area (Å²) >= 11 is 0.271. The summed E-state index contributed by atoms with van der Waals surface area (Å²) in [6.45, 7) is -2.50. The SMILES string of the molecule is CC1(C)OC[C@]2(O)S[C@@H]([B-](F)(F)F)[C@H](O)[C@@H]2O1.[K+]. The molecule has 0 saturated carbocycles. The Morgan fingerprint density at radius 2 is 1.89 bits per heavy atom. The molecule has 4 atom stereocenters. The van der Waals surface area contributed by atoms with Gasteiger partial charge in [-0.1, -0.05) is 0 Å². The molecule has 0 radical (unpaired) electrons. The van der Waals surface area contributed by atoms with Gasteiger partial charge in [-0.3, -0.25) is 0 Å². The normalized spacial score (nSPS) is 43.2. The van der Waals surface area contributed by atoms with Crippen molar-refractivity contribution in [1.29, 1.82) is 0 Å². The van der Waals surface area contributed by atoms with Gasteiger partial charge in [-0.25, -0.2) is 0 Å².